The number of ketones is 1. The second-order valence-corrected chi connectivity index (χ2v) is 18.0. The molecule has 3 fully saturated rings. The van der Waals surface area contributed by atoms with Crippen molar-refractivity contribution in [3.8, 4) is 16.9 Å². The molecule has 6 heterocycles. The fraction of sp³-hybridized carbons (Fsp3) is 0.333. The number of imide groups is 2. The number of carbonyl (C=O) groups is 5. The zero-order valence-electron chi connectivity index (χ0n) is 34.8. The van der Waals surface area contributed by atoms with Gasteiger partial charge in [0.1, 0.15) is 29.4 Å². The van der Waals surface area contributed by atoms with Crippen molar-refractivity contribution in [2.75, 3.05) is 62.0 Å². The van der Waals surface area contributed by atoms with Gasteiger partial charge in [0.25, 0.3) is 11.8 Å². The largest absolute Gasteiger partial charge is 0.494 e. The number of alkyl halides is 1. The van der Waals surface area contributed by atoms with E-state index >= 15 is 8.78 Å². The number of nitrogens with zero attached hydrogens (tertiary/aromatic N) is 5. The maximum absolute atomic E-state index is 15.7. The highest BCUT2D eigenvalue weighted by Crippen LogP contribution is 2.33. The lowest BCUT2D eigenvalue weighted by atomic mass is 10.00. The van der Waals surface area contributed by atoms with Gasteiger partial charge in [-0.2, -0.15) is 12.7 Å². The molecule has 0 bridgehead atoms. The van der Waals surface area contributed by atoms with Gasteiger partial charge in [0.05, 0.1) is 29.0 Å². The number of halogens is 3. The number of benzene rings is 3. The number of piperidine rings is 1. The zero-order valence-corrected chi connectivity index (χ0v) is 35.6. The van der Waals surface area contributed by atoms with Crippen LogP contribution in [0.1, 0.15) is 68.7 Å². The van der Waals surface area contributed by atoms with Crippen LogP contribution in [0.2, 0.25) is 0 Å². The third-order valence-electron chi connectivity index (χ3n) is 12.3. The summed E-state index contributed by atoms with van der Waals surface area (Å²) in [5.41, 5.74) is 1.31. The topological polar surface area (TPSA) is 194 Å². The smallest absolute Gasteiger partial charge is 0.301 e. The van der Waals surface area contributed by atoms with E-state index in [1.807, 2.05) is 35.1 Å². The van der Waals surface area contributed by atoms with Gasteiger partial charge in [-0.25, -0.2) is 18.2 Å². The van der Waals surface area contributed by atoms with Crippen molar-refractivity contribution in [2.24, 2.45) is 0 Å². The summed E-state index contributed by atoms with van der Waals surface area (Å²) in [5, 5.41) is 2.51. The summed E-state index contributed by atoms with van der Waals surface area (Å²) in [6.45, 7) is 3.93. The number of fused-ring (bicyclic) bond motifs is 2. The van der Waals surface area contributed by atoms with E-state index in [0.717, 1.165) is 78.2 Å². The monoisotopic (exact) mass is 912 g/mol. The van der Waals surface area contributed by atoms with Crippen molar-refractivity contribution in [3.63, 3.8) is 0 Å². The number of rotatable bonds is 14. The van der Waals surface area contributed by atoms with Gasteiger partial charge < -0.3 is 14.6 Å². The minimum Gasteiger partial charge on any atom is -0.494 e. The molecular formula is C45H43F3N8O8S. The molecule has 0 aliphatic carbocycles. The summed E-state index contributed by atoms with van der Waals surface area (Å²) in [4.78, 5) is 76.8. The second-order valence-electron chi connectivity index (χ2n) is 16.4. The average molecular weight is 913 g/mol. The molecule has 4 aliphatic rings. The minimum absolute atomic E-state index is 0.00723. The van der Waals surface area contributed by atoms with E-state index in [0.29, 0.717) is 29.0 Å². The third-order valence-corrected chi connectivity index (χ3v) is 13.7. The molecule has 3 N–H and O–H groups in total. The summed E-state index contributed by atoms with van der Waals surface area (Å²) in [6, 6.07) is 14.8. The van der Waals surface area contributed by atoms with Crippen molar-refractivity contribution in [1.82, 2.24) is 29.4 Å². The molecule has 9 rings (SSSR count). The van der Waals surface area contributed by atoms with Crippen LogP contribution in [0, 0.1) is 11.6 Å². The van der Waals surface area contributed by atoms with Crippen molar-refractivity contribution < 1.29 is 50.3 Å². The van der Waals surface area contributed by atoms with Crippen LogP contribution >= 0.6 is 0 Å². The molecule has 20 heteroatoms. The molecule has 3 saturated heterocycles. The lowest BCUT2D eigenvalue weighted by Crippen LogP contribution is -2.54. The number of piperazine rings is 1. The first-order valence-electron chi connectivity index (χ1n) is 21.2. The lowest BCUT2D eigenvalue weighted by Gasteiger charge is -2.36. The Morgan fingerprint density at radius 1 is 0.877 bits per heavy atom. The number of aromatic nitrogens is 2. The molecule has 338 valence electrons. The molecule has 5 aromatic rings. The Bertz CT molecular complexity index is 2850. The predicted octanol–water partition coefficient (Wildman–Crippen LogP) is 4.82. The summed E-state index contributed by atoms with van der Waals surface area (Å²) in [5.74, 6) is -5.09. The van der Waals surface area contributed by atoms with Crippen LogP contribution in [-0.4, -0.2) is 127 Å². The highest BCUT2D eigenvalue weighted by Gasteiger charge is 2.45. The maximum Gasteiger partial charge on any atom is 0.301 e. The molecule has 0 radical (unpaired) electrons. The standard InChI is InChI=1S/C45H43F3N8O8S/c46-28-13-15-55(25-28)65(62,63)52-36-10-9-35(47)39(40(36)48)41(58)34-24-50-42-32(34)21-27(23-49-42)26-3-6-30(7-4-26)64-20-2-1-14-53-16-18-54(19-17-53)29-5-8-31-33(22-29)45(61)56(44(31)60)37-11-12-38(57)51-43(37)59/h3-10,21-24,28,37,52H,1-2,11-20,25H2,(H,49,50)(H,51,57,59)/t28-,37?/m1/s1. The van der Waals surface area contributed by atoms with Crippen LogP contribution in [0.25, 0.3) is 22.2 Å². The Morgan fingerprint density at radius 2 is 1.65 bits per heavy atom. The number of pyridine rings is 1. The molecule has 1 unspecified atom stereocenters. The number of anilines is 2. The van der Waals surface area contributed by atoms with Crippen LogP contribution in [0.5, 0.6) is 5.75 Å². The van der Waals surface area contributed by atoms with Gasteiger partial charge in [0.15, 0.2) is 5.82 Å². The van der Waals surface area contributed by atoms with Gasteiger partial charge in [-0.1, -0.05) is 12.1 Å². The number of nitrogens with one attached hydrogen (secondary N) is 3. The van der Waals surface area contributed by atoms with E-state index in [-0.39, 0.29) is 42.5 Å². The van der Waals surface area contributed by atoms with Crippen molar-refractivity contribution in [1.29, 1.82) is 0 Å². The van der Waals surface area contributed by atoms with Crippen LogP contribution in [0.3, 0.4) is 0 Å². The van der Waals surface area contributed by atoms with Gasteiger partial charge in [-0.3, -0.25) is 43.8 Å². The van der Waals surface area contributed by atoms with Gasteiger partial charge in [-0.05, 0) is 86.3 Å². The normalized spacial score (nSPS) is 19.6. The SMILES string of the molecule is O=C1CCC(N2C(=O)c3ccc(N4CCN(CCCCOc5ccc(-c6cnc7[nH]cc(C(=O)c8c(F)ccc(NS(=O)(=O)N9CC[C@@H](F)C9)c8F)c7c6)cc5)CC4)cc3C2=O)C(=O)N1. The summed E-state index contributed by atoms with van der Waals surface area (Å²) >= 11 is 0. The quantitative estimate of drug-likeness (QED) is 0.0786. The van der Waals surface area contributed by atoms with Crippen molar-refractivity contribution in [2.45, 2.75) is 44.3 Å². The number of hydrogen-bond acceptors (Lipinski definition) is 11. The van der Waals surface area contributed by atoms with E-state index in [1.165, 1.54) is 6.20 Å². The molecule has 0 saturated carbocycles. The number of amides is 4. The molecule has 4 aliphatic heterocycles. The first-order chi connectivity index (χ1) is 31.3. The average Bonchev–Trinajstić information content (AvgIpc) is 4.00. The highest BCUT2D eigenvalue weighted by atomic mass is 32.2. The Hall–Kier alpha value is -6.64. The first-order valence-corrected chi connectivity index (χ1v) is 22.7. The molecule has 4 amide bonds. The summed E-state index contributed by atoms with van der Waals surface area (Å²) < 4.78 is 78.8. The lowest BCUT2D eigenvalue weighted by molar-refractivity contribution is -0.136. The molecule has 2 aromatic heterocycles. The van der Waals surface area contributed by atoms with Crippen molar-refractivity contribution >= 4 is 62.0 Å². The number of aromatic amines is 1. The Morgan fingerprint density at radius 3 is 2.38 bits per heavy atom. The molecule has 65 heavy (non-hydrogen) atoms. The van der Waals surface area contributed by atoms with E-state index in [1.54, 1.807) is 24.4 Å². The van der Waals surface area contributed by atoms with Crippen LogP contribution < -0.4 is 19.7 Å². The number of hydrogen-bond donors (Lipinski definition) is 3. The van der Waals surface area contributed by atoms with Crippen LogP contribution in [0.4, 0.5) is 24.5 Å². The Kier molecular flexibility index (Phi) is 11.9. The first kappa shape index (κ1) is 43.6. The second kappa shape index (κ2) is 17.7. The Balaban J connectivity index is 0.754. The van der Waals surface area contributed by atoms with Crippen LogP contribution in [-0.2, 0) is 19.8 Å². The van der Waals surface area contributed by atoms with Gasteiger partial charge in [0.2, 0.25) is 17.6 Å². The molecule has 0 spiro atoms. The van der Waals surface area contributed by atoms with Crippen molar-refractivity contribution in [3.05, 3.63) is 107 Å². The Labute approximate surface area is 370 Å². The molecular weight excluding hydrogens is 870 g/mol. The molecule has 16 nitrogen and oxygen atoms in total. The van der Waals surface area contributed by atoms with E-state index in [4.69, 9.17) is 4.74 Å². The number of unbranched alkanes of at least 4 members (excludes halogenated alkanes) is 1. The number of H-pyrrole nitrogens is 1. The zero-order chi connectivity index (χ0) is 45.6. The molecule has 2 atom stereocenters. The third kappa shape index (κ3) is 8.67. The number of carbonyl (C=O) groups excluding carboxylic acids is 5. The van der Waals surface area contributed by atoms with E-state index < -0.39 is 81.3 Å². The summed E-state index contributed by atoms with van der Waals surface area (Å²) in [7, 11) is -4.37. The van der Waals surface area contributed by atoms with Gasteiger partial charge in [0, 0.05) is 80.3 Å². The maximum atomic E-state index is 15.7. The minimum atomic E-state index is -4.37. The summed E-state index contributed by atoms with van der Waals surface area (Å²) in [6.07, 6.45) is 3.39. The van der Waals surface area contributed by atoms with Gasteiger partial charge in [-0.15, -0.1) is 0 Å². The van der Waals surface area contributed by atoms with E-state index in [9.17, 15) is 36.8 Å². The molecule has 3 aromatic carbocycles. The van der Waals surface area contributed by atoms with Gasteiger partial charge >= 0.3 is 10.2 Å². The van der Waals surface area contributed by atoms with E-state index in [2.05, 4.69) is 25.1 Å². The predicted molar refractivity (Wildman–Crippen MR) is 231 cm³/mol. The fourth-order valence-electron chi connectivity index (χ4n) is 8.69. The highest BCUT2D eigenvalue weighted by molar-refractivity contribution is 7.90. The fourth-order valence-corrected chi connectivity index (χ4v) is 9.96. The number of ether oxygens (including phenoxy) is 1. The van der Waals surface area contributed by atoms with Crippen LogP contribution in [0.15, 0.2) is 73.1 Å².